The van der Waals surface area contributed by atoms with Gasteiger partial charge in [-0.05, 0) is 32.9 Å². The van der Waals surface area contributed by atoms with Gasteiger partial charge in [0.15, 0.2) is 9.84 Å². The Morgan fingerprint density at radius 1 is 1.37 bits per heavy atom. The van der Waals surface area contributed by atoms with E-state index < -0.39 is 32.9 Å². The van der Waals surface area contributed by atoms with Crippen LogP contribution < -0.4 is 4.90 Å². The summed E-state index contributed by atoms with van der Waals surface area (Å²) in [5, 5.41) is 2.43. The highest BCUT2D eigenvalue weighted by Crippen LogP contribution is 2.25. The molecular formula is C16H19F3N4O3S. The van der Waals surface area contributed by atoms with Crippen LogP contribution in [0.2, 0.25) is 0 Å². The Labute approximate surface area is 154 Å². The fourth-order valence-corrected chi connectivity index (χ4v) is 3.65. The number of anilines is 1. The van der Waals surface area contributed by atoms with Crippen molar-refractivity contribution in [1.82, 2.24) is 14.8 Å². The van der Waals surface area contributed by atoms with Crippen molar-refractivity contribution in [3.63, 3.8) is 0 Å². The Kier molecular flexibility index (Phi) is 5.93. The minimum atomic E-state index is -4.91. The zero-order valence-electron chi connectivity index (χ0n) is 14.9. The molecule has 27 heavy (non-hydrogen) atoms. The van der Waals surface area contributed by atoms with E-state index in [0.29, 0.717) is 17.1 Å². The van der Waals surface area contributed by atoms with Crippen LogP contribution in [0.3, 0.4) is 0 Å². The Bertz CT molecular complexity index is 911. The molecule has 0 spiro atoms. The Balaban J connectivity index is 2.34. The lowest BCUT2D eigenvalue weighted by atomic mass is 10.3. The monoisotopic (exact) mass is 404 g/mol. The normalized spacial score (nSPS) is 13.4. The number of aryl methyl sites for hydroxylation is 1. The Morgan fingerprint density at radius 3 is 2.56 bits per heavy atom. The second-order valence-corrected chi connectivity index (χ2v) is 8.22. The first-order chi connectivity index (χ1) is 12.5. The third-order valence-corrected chi connectivity index (χ3v) is 5.92. The molecule has 11 heteroatoms. The highest BCUT2D eigenvalue weighted by Gasteiger charge is 2.41. The van der Waals surface area contributed by atoms with E-state index in [9.17, 15) is 26.4 Å². The van der Waals surface area contributed by atoms with Crippen molar-refractivity contribution in [2.24, 2.45) is 0 Å². The van der Waals surface area contributed by atoms with Crippen molar-refractivity contribution in [1.29, 1.82) is 0 Å². The largest absolute Gasteiger partial charge is 0.402 e. The summed E-state index contributed by atoms with van der Waals surface area (Å²) in [6.07, 6.45) is -0.275. The van der Waals surface area contributed by atoms with E-state index in [2.05, 4.69) is 10.1 Å². The number of amides is 1. The number of nitrogens with zero attached hydrogens (tertiary/aromatic N) is 4. The van der Waals surface area contributed by atoms with Gasteiger partial charge < -0.3 is 4.90 Å². The number of carbonyl (C=O) groups is 1. The molecule has 7 nitrogen and oxygen atoms in total. The molecule has 0 saturated heterocycles. The molecule has 0 N–H and O–H groups in total. The molecule has 0 saturated carbocycles. The number of pyridine rings is 1. The summed E-state index contributed by atoms with van der Waals surface area (Å²) < 4.78 is 62.9. The van der Waals surface area contributed by atoms with Gasteiger partial charge in [-0.25, -0.2) is 13.1 Å². The van der Waals surface area contributed by atoms with E-state index in [1.54, 1.807) is 38.4 Å². The second kappa shape index (κ2) is 7.67. The number of hydrogen-bond acceptors (Lipinski definition) is 5. The van der Waals surface area contributed by atoms with Gasteiger partial charge in [0.2, 0.25) is 5.91 Å². The Hall–Kier alpha value is -2.43. The molecule has 2 aromatic rings. The first kappa shape index (κ1) is 20.9. The molecule has 0 aliphatic heterocycles. The number of sulfone groups is 1. The molecule has 0 aromatic carbocycles. The van der Waals surface area contributed by atoms with E-state index in [1.807, 2.05) is 0 Å². The van der Waals surface area contributed by atoms with Crippen LogP contribution in [0.15, 0.2) is 30.7 Å². The highest BCUT2D eigenvalue weighted by atomic mass is 32.2. The predicted octanol–water partition coefficient (Wildman–Crippen LogP) is 2.29. The number of rotatable bonds is 6. The van der Waals surface area contributed by atoms with E-state index in [1.165, 1.54) is 10.9 Å². The van der Waals surface area contributed by atoms with Crippen molar-refractivity contribution in [3.8, 4) is 5.69 Å². The summed E-state index contributed by atoms with van der Waals surface area (Å²) in [7, 11) is -4.69. The SMILES string of the molecule is CCN(C(=O)C(C)S(=O)(=O)CC(F)(F)F)c1cn(-c2cccnc2)nc1C. The lowest BCUT2D eigenvalue weighted by Crippen LogP contribution is -2.44. The summed E-state index contributed by atoms with van der Waals surface area (Å²) in [6, 6.07) is 3.43. The topological polar surface area (TPSA) is 85.2 Å². The molecule has 0 fully saturated rings. The lowest BCUT2D eigenvalue weighted by molar-refractivity contribution is -0.118. The average molecular weight is 404 g/mol. The molecule has 0 aliphatic carbocycles. The van der Waals surface area contributed by atoms with Crippen LogP contribution in [-0.2, 0) is 14.6 Å². The summed E-state index contributed by atoms with van der Waals surface area (Å²) >= 11 is 0. The maximum atomic E-state index is 12.6. The number of carbonyl (C=O) groups excluding carboxylic acids is 1. The van der Waals surface area contributed by atoms with Gasteiger partial charge in [-0.15, -0.1) is 0 Å². The first-order valence-electron chi connectivity index (χ1n) is 8.02. The van der Waals surface area contributed by atoms with Crippen molar-refractivity contribution < 1.29 is 26.4 Å². The molecule has 1 atom stereocenters. The molecular weight excluding hydrogens is 385 g/mol. The van der Waals surface area contributed by atoms with Crippen LogP contribution in [0.1, 0.15) is 19.5 Å². The summed E-state index contributed by atoms with van der Waals surface area (Å²) in [6.45, 7) is 4.26. The van der Waals surface area contributed by atoms with Gasteiger partial charge in [0, 0.05) is 12.7 Å². The standard InChI is InChI=1S/C16H19F3N4O3S/c1-4-22(15(24)12(3)27(25,26)10-16(17,18)19)14-9-23(21-11(14)2)13-6-5-7-20-8-13/h5-9,12H,4,10H2,1-3H3. The van der Waals surface area contributed by atoms with Gasteiger partial charge in [0.05, 0.1) is 29.5 Å². The van der Waals surface area contributed by atoms with Crippen LogP contribution in [0.25, 0.3) is 5.69 Å². The molecule has 2 aromatic heterocycles. The molecule has 2 heterocycles. The van der Waals surface area contributed by atoms with Crippen molar-refractivity contribution in [3.05, 3.63) is 36.4 Å². The summed E-state index contributed by atoms with van der Waals surface area (Å²) in [5.41, 5.74) is 1.36. The average Bonchev–Trinajstić information content (AvgIpc) is 2.95. The van der Waals surface area contributed by atoms with Gasteiger partial charge in [-0.1, -0.05) is 0 Å². The van der Waals surface area contributed by atoms with Crippen LogP contribution >= 0.6 is 0 Å². The number of hydrogen-bond donors (Lipinski definition) is 0. The number of alkyl halides is 3. The first-order valence-corrected chi connectivity index (χ1v) is 9.74. The fourth-order valence-electron chi connectivity index (χ4n) is 2.51. The van der Waals surface area contributed by atoms with Crippen molar-refractivity contribution in [2.75, 3.05) is 17.2 Å². The summed E-state index contributed by atoms with van der Waals surface area (Å²) in [4.78, 5) is 17.7. The lowest BCUT2D eigenvalue weighted by Gasteiger charge is -2.24. The van der Waals surface area contributed by atoms with E-state index in [-0.39, 0.29) is 6.54 Å². The van der Waals surface area contributed by atoms with E-state index >= 15 is 0 Å². The smallest absolute Gasteiger partial charge is 0.308 e. The molecule has 2 rings (SSSR count). The molecule has 0 radical (unpaired) electrons. The van der Waals surface area contributed by atoms with E-state index in [0.717, 1.165) is 11.8 Å². The number of aromatic nitrogens is 3. The molecule has 1 unspecified atom stereocenters. The Morgan fingerprint density at radius 2 is 2.04 bits per heavy atom. The zero-order chi connectivity index (χ0) is 20.4. The fraction of sp³-hybridized carbons (Fsp3) is 0.438. The third kappa shape index (κ3) is 4.85. The molecule has 0 aliphatic rings. The van der Waals surface area contributed by atoms with Crippen molar-refractivity contribution in [2.45, 2.75) is 32.2 Å². The van der Waals surface area contributed by atoms with Crippen LogP contribution in [-0.4, -0.2) is 52.8 Å². The quantitative estimate of drug-likeness (QED) is 0.738. The van der Waals surface area contributed by atoms with Crippen LogP contribution in [0.4, 0.5) is 18.9 Å². The van der Waals surface area contributed by atoms with Crippen LogP contribution in [0, 0.1) is 6.92 Å². The maximum absolute atomic E-state index is 12.6. The van der Waals surface area contributed by atoms with Gasteiger partial charge in [0.1, 0.15) is 11.0 Å². The van der Waals surface area contributed by atoms with Crippen molar-refractivity contribution >= 4 is 21.4 Å². The molecule has 148 valence electrons. The number of halogens is 3. The van der Waals surface area contributed by atoms with Crippen LogP contribution in [0.5, 0.6) is 0 Å². The van der Waals surface area contributed by atoms with Gasteiger partial charge in [0.25, 0.3) is 0 Å². The predicted molar refractivity (Wildman–Crippen MR) is 93.4 cm³/mol. The van der Waals surface area contributed by atoms with Gasteiger partial charge in [-0.3, -0.25) is 9.78 Å². The minimum Gasteiger partial charge on any atom is -0.308 e. The van der Waals surface area contributed by atoms with Gasteiger partial charge >= 0.3 is 6.18 Å². The zero-order valence-corrected chi connectivity index (χ0v) is 15.8. The molecule has 1 amide bonds. The highest BCUT2D eigenvalue weighted by molar-refractivity contribution is 7.92. The minimum absolute atomic E-state index is 0.0737. The molecule has 0 bridgehead atoms. The second-order valence-electron chi connectivity index (χ2n) is 5.90. The van der Waals surface area contributed by atoms with Gasteiger partial charge in [-0.2, -0.15) is 18.3 Å². The third-order valence-electron chi connectivity index (χ3n) is 3.91. The summed E-state index contributed by atoms with van der Waals surface area (Å²) in [5.74, 6) is -2.98. The van der Waals surface area contributed by atoms with E-state index in [4.69, 9.17) is 0 Å². The maximum Gasteiger partial charge on any atom is 0.402 e.